The number of nitrogens with one attached hydrogen (secondary N) is 1. The lowest BCUT2D eigenvalue weighted by atomic mass is 9.83. The first-order valence-electron chi connectivity index (χ1n) is 7.42. The zero-order chi connectivity index (χ0) is 13.5. The third-order valence-corrected chi connectivity index (χ3v) is 4.08. The molecule has 1 unspecified atom stereocenters. The minimum atomic E-state index is -0.150. The molecule has 1 fully saturated rings. The van der Waals surface area contributed by atoms with Crippen molar-refractivity contribution in [3.8, 4) is 0 Å². The molecule has 1 rings (SSSR count). The second-order valence-electron chi connectivity index (χ2n) is 5.92. The van der Waals surface area contributed by atoms with Crippen LogP contribution in [-0.4, -0.2) is 25.2 Å². The monoisotopic (exact) mass is 255 g/mol. The van der Waals surface area contributed by atoms with Gasteiger partial charge in [0.05, 0.1) is 7.11 Å². The summed E-state index contributed by atoms with van der Waals surface area (Å²) in [5.74, 6) is 1.06. The summed E-state index contributed by atoms with van der Waals surface area (Å²) in [5, 5.41) is 3.49. The summed E-state index contributed by atoms with van der Waals surface area (Å²) in [6.45, 7) is 6.39. The van der Waals surface area contributed by atoms with Crippen LogP contribution in [0.4, 0.5) is 0 Å². The number of hydrogen-bond acceptors (Lipinski definition) is 3. The minimum absolute atomic E-state index is 0.124. The van der Waals surface area contributed by atoms with E-state index in [1.165, 1.54) is 45.6 Å². The second-order valence-corrected chi connectivity index (χ2v) is 5.92. The van der Waals surface area contributed by atoms with Gasteiger partial charge in [0.15, 0.2) is 0 Å². The van der Waals surface area contributed by atoms with Crippen LogP contribution in [0.15, 0.2) is 0 Å². The van der Waals surface area contributed by atoms with E-state index in [1.54, 1.807) is 0 Å². The highest BCUT2D eigenvalue weighted by molar-refractivity contribution is 5.75. The van der Waals surface area contributed by atoms with Gasteiger partial charge in [0.25, 0.3) is 0 Å². The number of carbonyl (C=O) groups excluding carboxylic acids is 1. The van der Waals surface area contributed by atoms with Gasteiger partial charge < -0.3 is 10.1 Å². The first-order chi connectivity index (χ1) is 8.58. The van der Waals surface area contributed by atoms with E-state index in [4.69, 9.17) is 4.74 Å². The Morgan fingerprint density at radius 3 is 2.33 bits per heavy atom. The molecule has 1 N–H and O–H groups in total. The summed E-state index contributed by atoms with van der Waals surface area (Å²) in [6, 6.07) is 0.340. The van der Waals surface area contributed by atoms with E-state index in [0.29, 0.717) is 6.04 Å². The van der Waals surface area contributed by atoms with Crippen LogP contribution in [0.3, 0.4) is 0 Å². The fraction of sp³-hybridized carbons (Fsp3) is 0.933. The van der Waals surface area contributed by atoms with Gasteiger partial charge in [-0.2, -0.15) is 0 Å². The lowest BCUT2D eigenvalue weighted by molar-refractivity contribution is -0.144. The quantitative estimate of drug-likeness (QED) is 0.741. The molecule has 3 nitrogen and oxygen atoms in total. The van der Waals surface area contributed by atoms with Gasteiger partial charge in [0, 0.05) is 6.04 Å². The Bertz CT molecular complexity index is 245. The Morgan fingerprint density at radius 2 is 1.89 bits per heavy atom. The summed E-state index contributed by atoms with van der Waals surface area (Å²) >= 11 is 0. The molecule has 106 valence electrons. The normalized spacial score (nSPS) is 26.1. The van der Waals surface area contributed by atoms with Crippen molar-refractivity contribution in [3.63, 3.8) is 0 Å². The van der Waals surface area contributed by atoms with Gasteiger partial charge in [-0.25, -0.2) is 0 Å². The van der Waals surface area contributed by atoms with Crippen molar-refractivity contribution in [2.45, 2.75) is 71.4 Å². The fourth-order valence-electron chi connectivity index (χ4n) is 2.94. The van der Waals surface area contributed by atoms with E-state index in [1.807, 2.05) is 0 Å². The fourth-order valence-corrected chi connectivity index (χ4v) is 2.94. The van der Waals surface area contributed by atoms with Crippen LogP contribution >= 0.6 is 0 Å². The van der Waals surface area contributed by atoms with Crippen molar-refractivity contribution in [2.24, 2.45) is 11.8 Å². The maximum absolute atomic E-state index is 11.7. The van der Waals surface area contributed by atoms with Crippen LogP contribution in [0.25, 0.3) is 0 Å². The maximum Gasteiger partial charge on any atom is 0.323 e. The smallest absolute Gasteiger partial charge is 0.323 e. The Balaban J connectivity index is 2.40. The zero-order valence-corrected chi connectivity index (χ0v) is 12.4. The van der Waals surface area contributed by atoms with E-state index in [9.17, 15) is 4.79 Å². The number of ether oxygens (including phenoxy) is 1. The molecule has 0 saturated heterocycles. The highest BCUT2D eigenvalue weighted by Crippen LogP contribution is 2.28. The van der Waals surface area contributed by atoms with Crippen LogP contribution < -0.4 is 5.32 Å². The molecule has 1 aliphatic rings. The highest BCUT2D eigenvalue weighted by Gasteiger charge is 2.28. The Kier molecular flexibility index (Phi) is 6.69. The van der Waals surface area contributed by atoms with Crippen molar-refractivity contribution < 1.29 is 9.53 Å². The SMILES string of the molecule is CCCC1CCC(NC(C(=O)OC)C(C)C)CC1. The largest absolute Gasteiger partial charge is 0.468 e. The molecule has 0 amide bonds. The van der Waals surface area contributed by atoms with E-state index < -0.39 is 0 Å². The van der Waals surface area contributed by atoms with Gasteiger partial charge >= 0.3 is 5.97 Å². The van der Waals surface area contributed by atoms with Crippen LogP contribution in [0, 0.1) is 11.8 Å². The Hall–Kier alpha value is -0.570. The molecule has 1 saturated carbocycles. The van der Waals surface area contributed by atoms with Crippen molar-refractivity contribution >= 4 is 5.97 Å². The van der Waals surface area contributed by atoms with Crippen molar-refractivity contribution in [1.29, 1.82) is 0 Å². The average molecular weight is 255 g/mol. The average Bonchev–Trinajstić information content (AvgIpc) is 2.37. The van der Waals surface area contributed by atoms with Gasteiger partial charge in [0.1, 0.15) is 6.04 Å². The van der Waals surface area contributed by atoms with Crippen LogP contribution in [0.2, 0.25) is 0 Å². The van der Waals surface area contributed by atoms with Crippen LogP contribution in [0.1, 0.15) is 59.3 Å². The molecule has 0 aromatic carbocycles. The summed E-state index contributed by atoms with van der Waals surface area (Å²) < 4.78 is 4.87. The highest BCUT2D eigenvalue weighted by atomic mass is 16.5. The van der Waals surface area contributed by atoms with Gasteiger partial charge in [0.2, 0.25) is 0 Å². The standard InChI is InChI=1S/C15H29NO2/c1-5-6-12-7-9-13(10-8-12)16-14(11(2)3)15(17)18-4/h11-14,16H,5-10H2,1-4H3. The van der Waals surface area contributed by atoms with Crippen LogP contribution in [0.5, 0.6) is 0 Å². The van der Waals surface area contributed by atoms with Gasteiger partial charge in [-0.05, 0) is 37.5 Å². The molecular weight excluding hydrogens is 226 g/mol. The van der Waals surface area contributed by atoms with Crippen molar-refractivity contribution in [3.05, 3.63) is 0 Å². The molecule has 1 aliphatic carbocycles. The molecule has 0 bridgehead atoms. The molecule has 0 aromatic rings. The molecule has 0 heterocycles. The first-order valence-corrected chi connectivity index (χ1v) is 7.42. The van der Waals surface area contributed by atoms with Crippen molar-refractivity contribution in [1.82, 2.24) is 5.32 Å². The number of esters is 1. The number of rotatable bonds is 6. The molecule has 0 radical (unpaired) electrons. The van der Waals surface area contributed by atoms with Gasteiger partial charge in [-0.1, -0.05) is 33.6 Å². The Morgan fingerprint density at radius 1 is 1.28 bits per heavy atom. The van der Waals surface area contributed by atoms with Gasteiger partial charge in [-0.3, -0.25) is 4.79 Å². The van der Waals surface area contributed by atoms with E-state index in [-0.39, 0.29) is 17.9 Å². The second kappa shape index (κ2) is 7.78. The Labute approximate surface area is 112 Å². The topological polar surface area (TPSA) is 38.3 Å². The third kappa shape index (κ3) is 4.60. The number of carbonyl (C=O) groups is 1. The van der Waals surface area contributed by atoms with E-state index >= 15 is 0 Å². The third-order valence-electron chi connectivity index (χ3n) is 4.08. The number of hydrogen-bond donors (Lipinski definition) is 1. The predicted molar refractivity (Wildman–Crippen MR) is 74.4 cm³/mol. The van der Waals surface area contributed by atoms with E-state index in [0.717, 1.165) is 5.92 Å². The lowest BCUT2D eigenvalue weighted by Crippen LogP contribution is -2.48. The summed E-state index contributed by atoms with van der Waals surface area (Å²) in [7, 11) is 1.47. The molecule has 1 atom stereocenters. The predicted octanol–water partition coefficient (Wildman–Crippen LogP) is 3.13. The molecule has 0 spiro atoms. The lowest BCUT2D eigenvalue weighted by Gasteiger charge is -2.32. The minimum Gasteiger partial charge on any atom is -0.468 e. The number of methoxy groups -OCH3 is 1. The summed E-state index contributed by atoms with van der Waals surface area (Å²) in [6.07, 6.45) is 7.65. The maximum atomic E-state index is 11.7. The summed E-state index contributed by atoms with van der Waals surface area (Å²) in [4.78, 5) is 11.7. The molecule has 3 heteroatoms. The van der Waals surface area contributed by atoms with Gasteiger partial charge in [-0.15, -0.1) is 0 Å². The molecule has 0 aliphatic heterocycles. The first kappa shape index (κ1) is 15.5. The van der Waals surface area contributed by atoms with Crippen LogP contribution in [-0.2, 0) is 9.53 Å². The molecular formula is C15H29NO2. The zero-order valence-electron chi connectivity index (χ0n) is 12.4. The molecule has 18 heavy (non-hydrogen) atoms. The van der Waals surface area contributed by atoms with Crippen molar-refractivity contribution in [2.75, 3.05) is 7.11 Å². The molecule has 0 aromatic heterocycles. The summed E-state index contributed by atoms with van der Waals surface area (Å²) in [5.41, 5.74) is 0. The van der Waals surface area contributed by atoms with E-state index in [2.05, 4.69) is 26.1 Å².